The van der Waals surface area contributed by atoms with Gasteiger partial charge in [-0.3, -0.25) is 0 Å². The second-order valence-corrected chi connectivity index (χ2v) is 17.1. The number of anilines is 1. The molecule has 42 heavy (non-hydrogen) atoms. The van der Waals surface area contributed by atoms with Gasteiger partial charge in [0.1, 0.15) is 11.6 Å². The summed E-state index contributed by atoms with van der Waals surface area (Å²) in [5.41, 5.74) is 14.2. The Bertz CT molecular complexity index is 1640. The fourth-order valence-corrected chi connectivity index (χ4v) is 5.69. The first-order valence-corrected chi connectivity index (χ1v) is 17.3. The molecule has 222 valence electrons. The fourth-order valence-electron chi connectivity index (χ4n) is 4.67. The summed E-state index contributed by atoms with van der Waals surface area (Å²) in [4.78, 5) is 9.32. The quantitative estimate of drug-likeness (QED) is 0.131. The molecule has 1 fully saturated rings. The number of nitrogens with zero attached hydrogens (tertiary/aromatic N) is 4. The third-order valence-corrected chi connectivity index (χ3v) is 12.7. The molecule has 0 radical (unpaired) electrons. The van der Waals surface area contributed by atoms with Gasteiger partial charge in [0.2, 0.25) is 14.2 Å². The Kier molecular flexibility index (Phi) is 8.04. The number of benzene rings is 1. The lowest BCUT2D eigenvalue weighted by atomic mass is 10.1. The number of hydrogen-bond acceptors (Lipinski definition) is 7. The number of rotatable bonds is 9. The number of pyridine rings is 1. The molecule has 3 N–H and O–H groups in total. The number of aliphatic imine (C=N–C) groups is 1. The van der Waals surface area contributed by atoms with Crippen molar-refractivity contribution in [2.24, 2.45) is 10.7 Å². The highest BCUT2D eigenvalue weighted by molar-refractivity contribution is 6.74. The summed E-state index contributed by atoms with van der Waals surface area (Å²) in [6, 6.07) is 10.3. The fraction of sp³-hybridized carbons (Fsp3) is 0.406. The van der Waals surface area contributed by atoms with Gasteiger partial charge in [-0.1, -0.05) is 27.7 Å². The van der Waals surface area contributed by atoms with Gasteiger partial charge in [-0.15, -0.1) is 0 Å². The first-order chi connectivity index (χ1) is 19.9. The van der Waals surface area contributed by atoms with E-state index in [0.29, 0.717) is 24.9 Å². The molecule has 4 heterocycles. The number of aromatic nitrogens is 3. The molecule has 1 aromatic carbocycles. The second kappa shape index (κ2) is 11.4. The van der Waals surface area contributed by atoms with Crippen LogP contribution in [0.2, 0.25) is 18.1 Å². The zero-order chi connectivity index (χ0) is 30.2. The molecule has 1 saturated heterocycles. The lowest BCUT2D eigenvalue weighted by molar-refractivity contribution is 0.0211. The van der Waals surface area contributed by atoms with Crippen LogP contribution in [0.15, 0.2) is 53.9 Å². The first-order valence-electron chi connectivity index (χ1n) is 14.4. The summed E-state index contributed by atoms with van der Waals surface area (Å²) in [6.45, 7) is 16.7. The van der Waals surface area contributed by atoms with Crippen molar-refractivity contribution < 1.29 is 13.9 Å². The van der Waals surface area contributed by atoms with E-state index in [0.717, 1.165) is 56.9 Å². The molecule has 10 heteroatoms. The zero-order valence-corrected chi connectivity index (χ0v) is 26.9. The van der Waals surface area contributed by atoms with Gasteiger partial charge < -0.3 is 25.0 Å². The van der Waals surface area contributed by atoms with E-state index in [1.807, 2.05) is 42.0 Å². The molecule has 0 unspecified atom stereocenters. The van der Waals surface area contributed by atoms with Crippen LogP contribution in [0.25, 0.3) is 16.6 Å². The standard InChI is InChI=1S/C32H42N6O3Si/c1-9-21-13-24(41-42(7,8)32(3,4)5)10-11-27(21)37-31(33)26-16-35-38-17-22(25-15-34-29(39-6)12-20(25)2)14-28(38)30(26)36-23-18-40-19-23/h10-17,23,36H,9,18-19H2,1-8H3,(H2,33,37). The van der Waals surface area contributed by atoms with Gasteiger partial charge in [-0.2, -0.15) is 5.10 Å². The molecule has 9 nitrogen and oxygen atoms in total. The molecule has 1 aliphatic heterocycles. The van der Waals surface area contributed by atoms with Crippen LogP contribution >= 0.6 is 0 Å². The van der Waals surface area contributed by atoms with Crippen LogP contribution < -0.4 is 20.2 Å². The van der Waals surface area contributed by atoms with Crippen LogP contribution in [0.5, 0.6) is 11.6 Å². The molecular weight excluding hydrogens is 544 g/mol. The van der Waals surface area contributed by atoms with Crippen molar-refractivity contribution in [1.82, 2.24) is 14.6 Å². The molecule has 0 atom stereocenters. The maximum absolute atomic E-state index is 6.73. The monoisotopic (exact) mass is 586 g/mol. The van der Waals surface area contributed by atoms with Crippen molar-refractivity contribution >= 4 is 31.0 Å². The third kappa shape index (κ3) is 5.87. The number of nitrogens with one attached hydrogen (secondary N) is 1. The van der Waals surface area contributed by atoms with Crippen molar-refractivity contribution in [3.63, 3.8) is 0 Å². The summed E-state index contributed by atoms with van der Waals surface area (Å²) in [6.07, 6.45) is 6.41. The SMILES string of the molecule is CCc1cc(O[Si](C)(C)C(C)(C)C)ccc1N=C(N)c1cnn2cc(-c3cnc(OC)cc3C)cc2c1NC1COC1. The lowest BCUT2D eigenvalue weighted by Crippen LogP contribution is -2.43. The Hall–Kier alpha value is -3.89. The van der Waals surface area contributed by atoms with Gasteiger partial charge in [0, 0.05) is 29.6 Å². The average Bonchev–Trinajstić information content (AvgIpc) is 3.34. The van der Waals surface area contributed by atoms with Gasteiger partial charge in [0.25, 0.3) is 0 Å². The number of amidine groups is 1. The maximum Gasteiger partial charge on any atom is 0.250 e. The third-order valence-electron chi connectivity index (χ3n) is 8.36. The average molecular weight is 587 g/mol. The van der Waals surface area contributed by atoms with Crippen LogP contribution in [0, 0.1) is 6.92 Å². The molecule has 1 aliphatic rings. The lowest BCUT2D eigenvalue weighted by Gasteiger charge is -2.36. The van der Waals surface area contributed by atoms with Crippen LogP contribution in [-0.4, -0.2) is 55.1 Å². The maximum atomic E-state index is 6.73. The number of aryl methyl sites for hydroxylation is 2. The molecule has 0 aliphatic carbocycles. The highest BCUT2D eigenvalue weighted by atomic mass is 28.4. The first kappa shape index (κ1) is 29.6. The van der Waals surface area contributed by atoms with Crippen LogP contribution in [0.4, 0.5) is 11.4 Å². The number of hydrogen-bond donors (Lipinski definition) is 2. The van der Waals surface area contributed by atoms with E-state index in [4.69, 9.17) is 29.7 Å². The molecule has 3 aromatic heterocycles. The van der Waals surface area contributed by atoms with Crippen LogP contribution in [0.1, 0.15) is 44.4 Å². The second-order valence-electron chi connectivity index (χ2n) is 12.4. The molecule has 0 bridgehead atoms. The van der Waals surface area contributed by atoms with E-state index in [2.05, 4.69) is 63.2 Å². The summed E-state index contributed by atoms with van der Waals surface area (Å²) < 4.78 is 19.2. The van der Waals surface area contributed by atoms with Gasteiger partial charge in [-0.05, 0) is 66.9 Å². The summed E-state index contributed by atoms with van der Waals surface area (Å²) in [5.74, 6) is 1.86. The number of nitrogens with two attached hydrogens (primary N) is 1. The van der Waals surface area contributed by atoms with Gasteiger partial charge in [0.15, 0.2) is 0 Å². The van der Waals surface area contributed by atoms with Crippen molar-refractivity contribution in [3.05, 3.63) is 65.6 Å². The minimum atomic E-state index is -1.96. The van der Waals surface area contributed by atoms with Gasteiger partial charge >= 0.3 is 0 Å². The number of ether oxygens (including phenoxy) is 2. The van der Waals surface area contributed by atoms with Crippen LogP contribution in [-0.2, 0) is 11.2 Å². The number of methoxy groups -OCH3 is 1. The molecule has 0 amide bonds. The Balaban J connectivity index is 1.54. The predicted octanol–water partition coefficient (Wildman–Crippen LogP) is 6.51. The number of fused-ring (bicyclic) bond motifs is 1. The van der Waals surface area contributed by atoms with E-state index in [-0.39, 0.29) is 11.1 Å². The molecule has 5 rings (SSSR count). The van der Waals surface area contributed by atoms with Gasteiger partial charge in [0.05, 0.1) is 55.0 Å². The zero-order valence-electron chi connectivity index (χ0n) is 25.9. The van der Waals surface area contributed by atoms with Crippen molar-refractivity contribution in [2.45, 2.75) is 65.2 Å². The van der Waals surface area contributed by atoms with Gasteiger partial charge in [-0.25, -0.2) is 14.5 Å². The normalized spacial score (nSPS) is 14.6. The summed E-state index contributed by atoms with van der Waals surface area (Å²) in [5, 5.41) is 8.46. The van der Waals surface area contributed by atoms with Crippen LogP contribution in [0.3, 0.4) is 0 Å². The minimum Gasteiger partial charge on any atom is -0.543 e. The summed E-state index contributed by atoms with van der Waals surface area (Å²) in [7, 11) is -0.342. The molecule has 0 spiro atoms. The highest BCUT2D eigenvalue weighted by Crippen LogP contribution is 2.38. The smallest absolute Gasteiger partial charge is 0.250 e. The Labute approximate surface area is 249 Å². The predicted molar refractivity (Wildman–Crippen MR) is 172 cm³/mol. The molecule has 4 aromatic rings. The van der Waals surface area contributed by atoms with E-state index >= 15 is 0 Å². The largest absolute Gasteiger partial charge is 0.543 e. The summed E-state index contributed by atoms with van der Waals surface area (Å²) >= 11 is 0. The highest BCUT2D eigenvalue weighted by Gasteiger charge is 2.39. The van der Waals surface area contributed by atoms with Crippen molar-refractivity contribution in [2.75, 3.05) is 25.6 Å². The Morgan fingerprint density at radius 2 is 1.95 bits per heavy atom. The van der Waals surface area contributed by atoms with Crippen molar-refractivity contribution in [1.29, 1.82) is 0 Å². The van der Waals surface area contributed by atoms with E-state index in [9.17, 15) is 0 Å². The van der Waals surface area contributed by atoms with E-state index in [1.165, 1.54) is 0 Å². The molecule has 0 saturated carbocycles. The Morgan fingerprint density at radius 1 is 1.19 bits per heavy atom. The van der Waals surface area contributed by atoms with E-state index in [1.54, 1.807) is 13.3 Å². The van der Waals surface area contributed by atoms with Crippen molar-refractivity contribution in [3.8, 4) is 22.8 Å². The minimum absolute atomic E-state index is 0.114. The van der Waals surface area contributed by atoms with E-state index < -0.39 is 8.32 Å². The Morgan fingerprint density at radius 3 is 2.57 bits per heavy atom. The molecular formula is C32H42N6O3Si. The topological polar surface area (TPSA) is 108 Å².